The first-order valence-corrected chi connectivity index (χ1v) is 12.4. The van der Waals surface area contributed by atoms with Gasteiger partial charge in [-0.1, -0.05) is 11.6 Å². The van der Waals surface area contributed by atoms with E-state index in [1.54, 1.807) is 12.1 Å². The van der Waals surface area contributed by atoms with E-state index in [1.165, 1.54) is 40.5 Å². The number of anilines is 1. The number of hydrogen-bond donors (Lipinski definition) is 3. The maximum absolute atomic E-state index is 13.7. The third kappa shape index (κ3) is 6.38. The topological polar surface area (TPSA) is 139 Å². The molecule has 1 unspecified atom stereocenters. The summed E-state index contributed by atoms with van der Waals surface area (Å²) >= 11 is 7.03. The molecular weight excluding hydrogens is 495 g/mol. The Kier molecular flexibility index (Phi) is 7.84. The number of primary amides is 1. The molecule has 3 rings (SSSR count). The molecule has 0 aliphatic carbocycles. The van der Waals surface area contributed by atoms with Gasteiger partial charge in [-0.2, -0.15) is 4.72 Å². The largest absolute Gasteiger partial charge is 0.368 e. The van der Waals surface area contributed by atoms with Crippen LogP contribution in [0, 0.1) is 0 Å². The average molecular weight is 515 g/mol. The van der Waals surface area contributed by atoms with E-state index >= 15 is 0 Å². The van der Waals surface area contributed by atoms with E-state index in [4.69, 9.17) is 17.3 Å². The van der Waals surface area contributed by atoms with Crippen molar-refractivity contribution in [2.45, 2.75) is 19.1 Å². The molecule has 2 aromatic rings. The van der Waals surface area contributed by atoms with Crippen LogP contribution in [-0.2, 0) is 26.3 Å². The Hall–Kier alpha value is -2.80. The SMILES string of the molecule is NC(=O)CNC(=O)c1ccc(N2CCC(NS(=O)(=O)C=Cc3ccc(Cl)s3)C2=O)c(CF)c1. The van der Waals surface area contributed by atoms with Crippen LogP contribution < -0.4 is 20.7 Å². The van der Waals surface area contributed by atoms with Crippen molar-refractivity contribution in [3.63, 3.8) is 0 Å². The zero-order valence-electron chi connectivity index (χ0n) is 17.1. The Bertz CT molecular complexity index is 1210. The van der Waals surface area contributed by atoms with Gasteiger partial charge in [0.1, 0.15) is 12.7 Å². The molecule has 1 aromatic carbocycles. The zero-order chi connectivity index (χ0) is 24.2. The fourth-order valence-electron chi connectivity index (χ4n) is 3.21. The highest BCUT2D eigenvalue weighted by molar-refractivity contribution is 7.92. The maximum atomic E-state index is 13.7. The summed E-state index contributed by atoms with van der Waals surface area (Å²) in [4.78, 5) is 37.6. The summed E-state index contributed by atoms with van der Waals surface area (Å²) in [5, 5.41) is 3.26. The molecule has 4 N–H and O–H groups in total. The van der Waals surface area contributed by atoms with Gasteiger partial charge in [0, 0.05) is 33.6 Å². The van der Waals surface area contributed by atoms with Gasteiger partial charge in [-0.05, 0) is 42.8 Å². The van der Waals surface area contributed by atoms with E-state index in [9.17, 15) is 27.2 Å². The van der Waals surface area contributed by atoms with Gasteiger partial charge in [0.2, 0.25) is 21.8 Å². The molecule has 13 heteroatoms. The molecule has 3 amide bonds. The predicted octanol–water partition coefficient (Wildman–Crippen LogP) is 1.78. The maximum Gasteiger partial charge on any atom is 0.251 e. The molecule has 1 aliphatic rings. The molecule has 0 bridgehead atoms. The minimum absolute atomic E-state index is 0.0769. The average Bonchev–Trinajstić information content (AvgIpc) is 3.35. The number of carbonyl (C=O) groups excluding carboxylic acids is 3. The van der Waals surface area contributed by atoms with Gasteiger partial charge >= 0.3 is 0 Å². The summed E-state index contributed by atoms with van der Waals surface area (Å²) in [6.07, 6.45) is 1.56. The molecule has 33 heavy (non-hydrogen) atoms. The van der Waals surface area contributed by atoms with Crippen molar-refractivity contribution in [3.8, 4) is 0 Å². The first-order chi connectivity index (χ1) is 15.6. The standard InChI is InChI=1S/C20H20ClFN4O5S2/c21-17-4-2-14(32-17)6-8-33(30,31)25-15-5-7-26(20(15)29)16-3-1-12(9-13(16)10-22)19(28)24-11-18(23)27/h1-4,6,8-9,15,25H,5,7,10-11H2,(H2,23,27)(H,24,28). The van der Waals surface area contributed by atoms with Gasteiger partial charge in [-0.25, -0.2) is 12.8 Å². The lowest BCUT2D eigenvalue weighted by atomic mass is 10.1. The van der Waals surface area contributed by atoms with Crippen LogP contribution in [-0.4, -0.2) is 45.3 Å². The van der Waals surface area contributed by atoms with E-state index in [0.29, 0.717) is 9.21 Å². The van der Waals surface area contributed by atoms with E-state index in [2.05, 4.69) is 10.0 Å². The summed E-state index contributed by atoms with van der Waals surface area (Å²) in [7, 11) is -3.92. The van der Waals surface area contributed by atoms with Gasteiger partial charge < -0.3 is 16.0 Å². The van der Waals surface area contributed by atoms with Crippen LogP contribution in [0.4, 0.5) is 10.1 Å². The van der Waals surface area contributed by atoms with Crippen LogP contribution in [0.2, 0.25) is 4.34 Å². The minimum atomic E-state index is -3.92. The lowest BCUT2D eigenvalue weighted by Gasteiger charge is -2.20. The van der Waals surface area contributed by atoms with Crippen molar-refractivity contribution in [2.24, 2.45) is 5.73 Å². The van der Waals surface area contributed by atoms with Crippen LogP contribution in [0.15, 0.2) is 35.7 Å². The highest BCUT2D eigenvalue weighted by Crippen LogP contribution is 2.28. The number of benzene rings is 1. The summed E-state index contributed by atoms with van der Waals surface area (Å²) in [5.74, 6) is -1.88. The number of alkyl halides is 1. The second kappa shape index (κ2) is 10.4. The molecule has 176 valence electrons. The second-order valence-electron chi connectivity index (χ2n) is 7.06. The number of rotatable bonds is 9. The molecule has 1 aromatic heterocycles. The van der Waals surface area contributed by atoms with Gasteiger partial charge in [0.05, 0.1) is 10.9 Å². The van der Waals surface area contributed by atoms with Crippen LogP contribution in [0.3, 0.4) is 0 Å². The van der Waals surface area contributed by atoms with Crippen molar-refractivity contribution < 1.29 is 27.2 Å². The van der Waals surface area contributed by atoms with Gasteiger partial charge in [0.25, 0.3) is 5.91 Å². The number of nitrogens with zero attached hydrogens (tertiary/aromatic N) is 1. The number of sulfonamides is 1. The van der Waals surface area contributed by atoms with Crippen LogP contribution in [0.5, 0.6) is 0 Å². The molecular formula is C20H20ClFN4O5S2. The van der Waals surface area contributed by atoms with Crippen molar-refractivity contribution in [3.05, 3.63) is 56.1 Å². The number of nitrogens with one attached hydrogen (secondary N) is 2. The molecule has 1 saturated heterocycles. The van der Waals surface area contributed by atoms with Crippen LogP contribution in [0.1, 0.15) is 27.2 Å². The second-order valence-corrected chi connectivity index (χ2v) is 10.4. The van der Waals surface area contributed by atoms with Gasteiger partial charge in [0.15, 0.2) is 0 Å². The highest BCUT2D eigenvalue weighted by Gasteiger charge is 2.35. The number of hydrogen-bond acceptors (Lipinski definition) is 6. The lowest BCUT2D eigenvalue weighted by Crippen LogP contribution is -2.41. The minimum Gasteiger partial charge on any atom is -0.368 e. The van der Waals surface area contributed by atoms with Crippen molar-refractivity contribution in [1.82, 2.24) is 10.0 Å². The Morgan fingerprint density at radius 1 is 1.30 bits per heavy atom. The summed E-state index contributed by atoms with van der Waals surface area (Å²) in [5.41, 5.74) is 5.39. The first kappa shape index (κ1) is 24.8. The summed E-state index contributed by atoms with van der Waals surface area (Å²) in [6, 6.07) is 6.34. The molecule has 0 radical (unpaired) electrons. The molecule has 0 saturated carbocycles. The van der Waals surface area contributed by atoms with Crippen molar-refractivity contribution >= 4 is 62.4 Å². The van der Waals surface area contributed by atoms with E-state index in [1.807, 2.05) is 0 Å². The number of nitrogens with two attached hydrogens (primary N) is 1. The summed E-state index contributed by atoms with van der Waals surface area (Å²) < 4.78 is 41.3. The van der Waals surface area contributed by atoms with Crippen molar-refractivity contribution in [1.29, 1.82) is 0 Å². The fraction of sp³-hybridized carbons (Fsp3) is 0.250. The molecule has 1 atom stereocenters. The van der Waals surface area contributed by atoms with E-state index in [0.717, 1.165) is 5.41 Å². The highest BCUT2D eigenvalue weighted by atomic mass is 35.5. The smallest absolute Gasteiger partial charge is 0.251 e. The number of halogens is 2. The van der Waals surface area contributed by atoms with Gasteiger partial charge in [-0.3, -0.25) is 14.4 Å². The van der Waals surface area contributed by atoms with Crippen molar-refractivity contribution in [2.75, 3.05) is 18.0 Å². The van der Waals surface area contributed by atoms with Gasteiger partial charge in [-0.15, -0.1) is 11.3 Å². The number of amides is 3. The number of carbonyl (C=O) groups is 3. The van der Waals surface area contributed by atoms with E-state index < -0.39 is 40.5 Å². The summed E-state index contributed by atoms with van der Waals surface area (Å²) in [6.45, 7) is -1.17. The quantitative estimate of drug-likeness (QED) is 0.468. The predicted molar refractivity (Wildman–Crippen MR) is 124 cm³/mol. The Labute approximate surface area is 198 Å². The third-order valence-electron chi connectivity index (χ3n) is 4.72. The molecule has 1 aliphatic heterocycles. The molecule has 9 nitrogen and oxygen atoms in total. The van der Waals surface area contributed by atoms with Crippen LogP contribution in [0.25, 0.3) is 6.08 Å². The van der Waals surface area contributed by atoms with Crippen LogP contribution >= 0.6 is 22.9 Å². The third-order valence-corrected chi connectivity index (χ3v) is 7.02. The molecule has 2 heterocycles. The zero-order valence-corrected chi connectivity index (χ0v) is 19.5. The monoisotopic (exact) mass is 514 g/mol. The Morgan fingerprint density at radius 2 is 2.06 bits per heavy atom. The Balaban J connectivity index is 1.71. The molecule has 0 spiro atoms. The number of thiophene rings is 1. The fourth-order valence-corrected chi connectivity index (χ4v) is 5.28. The normalized spacial score (nSPS) is 16.5. The Morgan fingerprint density at radius 3 is 2.70 bits per heavy atom. The first-order valence-electron chi connectivity index (χ1n) is 9.62. The van der Waals surface area contributed by atoms with E-state index in [-0.39, 0.29) is 36.3 Å². The lowest BCUT2D eigenvalue weighted by molar-refractivity contribution is -0.118. The molecule has 1 fully saturated rings.